The number of nitrogens with zero attached hydrogens (tertiary/aromatic N) is 2. The van der Waals surface area contributed by atoms with Crippen molar-refractivity contribution in [1.29, 1.82) is 10.5 Å². The first kappa shape index (κ1) is 13.5. The van der Waals surface area contributed by atoms with Crippen LogP contribution in [0.25, 0.3) is 12.2 Å². The largest absolute Gasteiger partial charge is 0.496 e. The Morgan fingerprint density at radius 1 is 0.850 bits per heavy atom. The third-order valence-corrected chi connectivity index (χ3v) is 3.02. The van der Waals surface area contributed by atoms with Crippen molar-refractivity contribution in [3.8, 4) is 23.6 Å². The fourth-order valence-corrected chi connectivity index (χ4v) is 2.02. The highest BCUT2D eigenvalue weighted by atomic mass is 16.5. The first-order valence-electron chi connectivity index (χ1n) is 5.90. The van der Waals surface area contributed by atoms with Gasteiger partial charge in [-0.05, 0) is 24.3 Å². The van der Waals surface area contributed by atoms with E-state index in [9.17, 15) is 0 Å². The number of benzene rings is 1. The van der Waals surface area contributed by atoms with Crippen LogP contribution in [0.4, 0.5) is 0 Å². The molecule has 0 saturated carbocycles. The summed E-state index contributed by atoms with van der Waals surface area (Å²) in [6, 6.07) is 7.41. The lowest BCUT2D eigenvalue weighted by Gasteiger charge is -2.11. The fraction of sp³-hybridized carbons (Fsp3) is 0.125. The Labute approximate surface area is 117 Å². The average Bonchev–Trinajstić information content (AvgIpc) is 2.71. The van der Waals surface area contributed by atoms with Gasteiger partial charge in [-0.3, -0.25) is 0 Å². The summed E-state index contributed by atoms with van der Waals surface area (Å²) in [4.78, 5) is 0. The Kier molecular flexibility index (Phi) is 3.88. The Morgan fingerprint density at radius 2 is 1.30 bits per heavy atom. The third-order valence-electron chi connectivity index (χ3n) is 3.02. The zero-order chi connectivity index (χ0) is 14.5. The van der Waals surface area contributed by atoms with E-state index >= 15 is 0 Å². The molecule has 1 aromatic carbocycles. The highest BCUT2D eigenvalue weighted by Crippen LogP contribution is 2.35. The van der Waals surface area contributed by atoms with Crippen LogP contribution in [0.15, 0.2) is 35.4 Å². The highest BCUT2D eigenvalue weighted by Gasteiger charge is 2.13. The predicted molar refractivity (Wildman–Crippen MR) is 75.9 cm³/mol. The lowest BCUT2D eigenvalue weighted by Crippen LogP contribution is -1.93. The molecule has 0 unspecified atom stereocenters. The van der Waals surface area contributed by atoms with E-state index in [0.717, 1.165) is 11.1 Å². The standard InChI is InChI=1S/C16H12N2O2/c1-19-15-7-8-16(20-2)14-6-4-11(3-5-13(14)15)12(9-17)10-18/h3-8H,1-2H3. The van der Waals surface area contributed by atoms with Gasteiger partial charge in [0.2, 0.25) is 0 Å². The molecule has 0 fully saturated rings. The van der Waals surface area contributed by atoms with Gasteiger partial charge in [0.1, 0.15) is 29.2 Å². The van der Waals surface area contributed by atoms with Crippen molar-refractivity contribution in [3.63, 3.8) is 0 Å². The maximum Gasteiger partial charge on any atom is 0.136 e. The van der Waals surface area contributed by atoms with Crippen LogP contribution in [0, 0.1) is 22.7 Å². The van der Waals surface area contributed by atoms with Gasteiger partial charge in [-0.1, -0.05) is 12.2 Å². The van der Waals surface area contributed by atoms with Gasteiger partial charge in [-0.15, -0.1) is 0 Å². The summed E-state index contributed by atoms with van der Waals surface area (Å²) < 4.78 is 10.7. The molecule has 4 nitrogen and oxygen atoms in total. The van der Waals surface area contributed by atoms with Gasteiger partial charge >= 0.3 is 0 Å². The predicted octanol–water partition coefficient (Wildman–Crippen LogP) is 3.09. The number of ether oxygens (including phenoxy) is 2. The van der Waals surface area contributed by atoms with Gasteiger partial charge in [0.05, 0.1) is 14.2 Å². The number of allylic oxidation sites excluding steroid dienone is 4. The van der Waals surface area contributed by atoms with E-state index in [2.05, 4.69) is 0 Å². The van der Waals surface area contributed by atoms with Crippen molar-refractivity contribution >= 4 is 12.2 Å². The summed E-state index contributed by atoms with van der Waals surface area (Å²) in [7, 11) is 3.19. The molecule has 20 heavy (non-hydrogen) atoms. The molecule has 0 N–H and O–H groups in total. The maximum absolute atomic E-state index is 8.94. The number of methoxy groups -OCH3 is 2. The van der Waals surface area contributed by atoms with Crippen LogP contribution >= 0.6 is 0 Å². The van der Waals surface area contributed by atoms with Gasteiger partial charge in [0, 0.05) is 16.7 Å². The zero-order valence-electron chi connectivity index (χ0n) is 11.2. The van der Waals surface area contributed by atoms with Crippen LogP contribution in [0.5, 0.6) is 11.5 Å². The van der Waals surface area contributed by atoms with Crippen LogP contribution in [0.3, 0.4) is 0 Å². The summed E-state index contributed by atoms with van der Waals surface area (Å²) in [5.41, 5.74) is 2.35. The van der Waals surface area contributed by atoms with Crippen molar-refractivity contribution in [2.75, 3.05) is 14.2 Å². The first-order chi connectivity index (χ1) is 9.74. The maximum atomic E-state index is 8.94. The van der Waals surface area contributed by atoms with E-state index in [0.29, 0.717) is 17.1 Å². The second kappa shape index (κ2) is 5.77. The van der Waals surface area contributed by atoms with Crippen molar-refractivity contribution in [3.05, 3.63) is 46.6 Å². The van der Waals surface area contributed by atoms with Crippen LogP contribution in [-0.4, -0.2) is 14.2 Å². The van der Waals surface area contributed by atoms with E-state index in [4.69, 9.17) is 20.0 Å². The summed E-state index contributed by atoms with van der Waals surface area (Å²) in [6.07, 6.45) is 7.10. The normalized spacial score (nSPS) is 11.9. The third kappa shape index (κ3) is 2.28. The number of nitriles is 2. The van der Waals surface area contributed by atoms with E-state index in [1.54, 1.807) is 26.4 Å². The quantitative estimate of drug-likeness (QED) is 0.770. The molecule has 0 bridgehead atoms. The molecule has 1 aliphatic carbocycles. The second-order valence-electron chi connectivity index (χ2n) is 4.02. The molecular formula is C16H12N2O2. The molecule has 0 spiro atoms. The summed E-state index contributed by atoms with van der Waals surface area (Å²) in [6.45, 7) is 0. The molecule has 98 valence electrons. The Balaban J connectivity index is 2.68. The molecule has 0 saturated heterocycles. The zero-order valence-corrected chi connectivity index (χ0v) is 11.2. The van der Waals surface area contributed by atoms with Gasteiger partial charge < -0.3 is 9.47 Å². The second-order valence-corrected chi connectivity index (χ2v) is 4.02. The monoisotopic (exact) mass is 264 g/mol. The Hall–Kier alpha value is -2.98. The lowest BCUT2D eigenvalue weighted by molar-refractivity contribution is 0.401. The molecular weight excluding hydrogens is 252 g/mol. The van der Waals surface area contributed by atoms with Crippen molar-refractivity contribution in [2.45, 2.75) is 0 Å². The van der Waals surface area contributed by atoms with Crippen LogP contribution in [0.2, 0.25) is 0 Å². The summed E-state index contributed by atoms with van der Waals surface area (Å²) >= 11 is 0. The Bertz CT molecular complexity index is 654. The number of rotatable bonds is 2. The van der Waals surface area contributed by atoms with Gasteiger partial charge in [0.15, 0.2) is 0 Å². The van der Waals surface area contributed by atoms with E-state index in [1.807, 2.05) is 36.4 Å². The SMILES string of the molecule is COc1ccc(OC)c2c1C=CC(=C(C#N)C#N)C=C2. The Morgan fingerprint density at radius 3 is 1.65 bits per heavy atom. The molecule has 0 aromatic heterocycles. The molecule has 4 heteroatoms. The molecule has 2 rings (SSSR count). The van der Waals surface area contributed by atoms with Crippen LogP contribution in [-0.2, 0) is 0 Å². The lowest BCUT2D eigenvalue weighted by atomic mass is 10.1. The van der Waals surface area contributed by atoms with Crippen molar-refractivity contribution in [2.24, 2.45) is 0 Å². The fourth-order valence-electron chi connectivity index (χ4n) is 2.02. The van der Waals surface area contributed by atoms with Crippen molar-refractivity contribution in [1.82, 2.24) is 0 Å². The minimum Gasteiger partial charge on any atom is -0.496 e. The molecule has 0 amide bonds. The molecule has 1 aromatic rings. The number of hydrogen-bond acceptors (Lipinski definition) is 4. The van der Waals surface area contributed by atoms with E-state index in [-0.39, 0.29) is 5.57 Å². The number of fused-ring (bicyclic) bond motifs is 1. The first-order valence-corrected chi connectivity index (χ1v) is 5.90. The summed E-state index contributed by atoms with van der Waals surface area (Å²) in [5, 5.41) is 17.9. The van der Waals surface area contributed by atoms with Crippen molar-refractivity contribution < 1.29 is 9.47 Å². The number of hydrogen-bond donors (Lipinski definition) is 0. The van der Waals surface area contributed by atoms with Crippen LogP contribution in [0.1, 0.15) is 11.1 Å². The average molecular weight is 264 g/mol. The minimum absolute atomic E-state index is 0.0724. The topological polar surface area (TPSA) is 66.0 Å². The minimum atomic E-state index is 0.0724. The molecule has 0 radical (unpaired) electrons. The molecule has 1 aliphatic rings. The van der Waals surface area contributed by atoms with E-state index in [1.165, 1.54) is 0 Å². The molecule has 0 atom stereocenters. The van der Waals surface area contributed by atoms with Gasteiger partial charge in [-0.25, -0.2) is 0 Å². The smallest absolute Gasteiger partial charge is 0.136 e. The van der Waals surface area contributed by atoms with Gasteiger partial charge in [0.25, 0.3) is 0 Å². The van der Waals surface area contributed by atoms with Crippen LogP contribution < -0.4 is 9.47 Å². The molecule has 0 heterocycles. The van der Waals surface area contributed by atoms with Gasteiger partial charge in [-0.2, -0.15) is 10.5 Å². The van der Waals surface area contributed by atoms with E-state index < -0.39 is 0 Å². The highest BCUT2D eigenvalue weighted by molar-refractivity contribution is 5.80. The molecule has 0 aliphatic heterocycles. The summed E-state index contributed by atoms with van der Waals surface area (Å²) in [5.74, 6) is 1.41.